The Hall–Kier alpha value is -0.510. The Balaban J connectivity index is 0.00000128. The molecule has 0 unspecified atom stereocenters. The van der Waals surface area contributed by atoms with E-state index in [1.807, 2.05) is 12.4 Å². The quantitative estimate of drug-likeness (QED) is 0.904. The summed E-state index contributed by atoms with van der Waals surface area (Å²) in [5.74, 6) is 0.868. The first-order chi connectivity index (χ1) is 7.29. The Kier molecular flexibility index (Phi) is 7.51. The summed E-state index contributed by atoms with van der Waals surface area (Å²) in [6, 6.07) is 2.16. The highest BCUT2D eigenvalue weighted by Gasteiger charge is 2.16. The number of anilines is 1. The molecule has 2 heterocycles. The number of piperidine rings is 1. The van der Waals surface area contributed by atoms with Crippen LogP contribution in [0, 0.1) is 5.92 Å². The predicted molar refractivity (Wildman–Crippen MR) is 77.2 cm³/mol. The summed E-state index contributed by atoms with van der Waals surface area (Å²) in [7, 11) is 0. The van der Waals surface area contributed by atoms with Crippen molar-refractivity contribution >= 4 is 30.5 Å². The van der Waals surface area contributed by atoms with Crippen LogP contribution in [0.2, 0.25) is 0 Å². The maximum atomic E-state index is 5.61. The fraction of sp³-hybridized carbons (Fsp3) is 0.583. The monoisotopic (exact) mass is 277 g/mol. The summed E-state index contributed by atoms with van der Waals surface area (Å²) in [5.41, 5.74) is 7.96. The molecule has 0 saturated carbocycles. The zero-order valence-corrected chi connectivity index (χ0v) is 11.8. The minimum Gasteiger partial charge on any atom is -0.370 e. The van der Waals surface area contributed by atoms with Crippen LogP contribution in [-0.2, 0) is 6.54 Å². The summed E-state index contributed by atoms with van der Waals surface area (Å²) >= 11 is 0. The first-order valence-corrected chi connectivity index (χ1v) is 5.68. The van der Waals surface area contributed by atoms with Crippen molar-refractivity contribution in [2.75, 3.05) is 18.0 Å². The first-order valence-electron chi connectivity index (χ1n) is 5.68. The fourth-order valence-corrected chi connectivity index (χ4v) is 2.03. The van der Waals surface area contributed by atoms with Crippen molar-refractivity contribution in [2.45, 2.75) is 26.3 Å². The zero-order chi connectivity index (χ0) is 10.7. The first kappa shape index (κ1) is 16.5. The van der Waals surface area contributed by atoms with Crippen LogP contribution in [0.25, 0.3) is 0 Å². The number of hydrogen-bond acceptors (Lipinski definition) is 3. The van der Waals surface area contributed by atoms with Crippen LogP contribution in [0.1, 0.15) is 25.3 Å². The van der Waals surface area contributed by atoms with E-state index in [9.17, 15) is 0 Å². The number of nitrogens with two attached hydrogens (primary N) is 1. The number of halogens is 2. The van der Waals surface area contributed by atoms with Gasteiger partial charge >= 0.3 is 0 Å². The Morgan fingerprint density at radius 1 is 1.29 bits per heavy atom. The van der Waals surface area contributed by atoms with Gasteiger partial charge in [-0.3, -0.25) is 4.98 Å². The molecule has 2 N–H and O–H groups in total. The number of aromatic nitrogens is 1. The van der Waals surface area contributed by atoms with Gasteiger partial charge in [-0.05, 0) is 30.4 Å². The van der Waals surface area contributed by atoms with Crippen molar-refractivity contribution in [1.29, 1.82) is 0 Å². The van der Waals surface area contributed by atoms with Gasteiger partial charge in [0.15, 0.2) is 0 Å². The topological polar surface area (TPSA) is 42.2 Å². The molecule has 5 heteroatoms. The van der Waals surface area contributed by atoms with Crippen LogP contribution < -0.4 is 10.6 Å². The van der Waals surface area contributed by atoms with Crippen LogP contribution in [0.5, 0.6) is 0 Å². The van der Waals surface area contributed by atoms with E-state index in [0.29, 0.717) is 6.54 Å². The summed E-state index contributed by atoms with van der Waals surface area (Å²) in [5, 5.41) is 0. The largest absolute Gasteiger partial charge is 0.370 e. The number of nitrogens with zero attached hydrogens (tertiary/aromatic N) is 2. The highest BCUT2D eigenvalue weighted by molar-refractivity contribution is 5.85. The summed E-state index contributed by atoms with van der Waals surface area (Å²) in [6.45, 7) is 5.20. The van der Waals surface area contributed by atoms with Gasteiger partial charge in [0.25, 0.3) is 0 Å². The lowest BCUT2D eigenvalue weighted by atomic mass is 9.99. The molecule has 3 nitrogen and oxygen atoms in total. The van der Waals surface area contributed by atoms with Crippen molar-refractivity contribution in [3.63, 3.8) is 0 Å². The highest BCUT2D eigenvalue weighted by atomic mass is 35.5. The lowest BCUT2D eigenvalue weighted by Gasteiger charge is -2.32. The third-order valence-corrected chi connectivity index (χ3v) is 3.16. The van der Waals surface area contributed by atoms with E-state index < -0.39 is 0 Å². The summed E-state index contributed by atoms with van der Waals surface area (Å²) in [6.07, 6.45) is 6.35. The van der Waals surface area contributed by atoms with Crippen molar-refractivity contribution < 1.29 is 0 Å². The standard InChI is InChI=1S/C12H19N3.2ClH/c1-10-2-4-15(5-3-10)12-6-11(7-13)8-14-9-12;;/h6,8-10H,2-5,7,13H2,1H3;2*1H. The van der Waals surface area contributed by atoms with Crippen molar-refractivity contribution in [1.82, 2.24) is 4.98 Å². The van der Waals surface area contributed by atoms with Crippen LogP contribution >= 0.6 is 24.8 Å². The SMILES string of the molecule is CC1CCN(c2cncc(CN)c2)CC1.Cl.Cl. The molecule has 1 fully saturated rings. The van der Waals surface area contributed by atoms with Gasteiger partial charge < -0.3 is 10.6 Å². The van der Waals surface area contributed by atoms with E-state index in [4.69, 9.17) is 5.73 Å². The van der Waals surface area contributed by atoms with Crippen LogP contribution in [0.4, 0.5) is 5.69 Å². The van der Waals surface area contributed by atoms with Gasteiger partial charge in [-0.25, -0.2) is 0 Å². The number of pyridine rings is 1. The molecule has 0 aromatic carbocycles. The van der Waals surface area contributed by atoms with E-state index in [2.05, 4.69) is 22.9 Å². The highest BCUT2D eigenvalue weighted by Crippen LogP contribution is 2.22. The average molecular weight is 278 g/mol. The van der Waals surface area contributed by atoms with Crippen LogP contribution in [-0.4, -0.2) is 18.1 Å². The molecular weight excluding hydrogens is 257 g/mol. The molecule has 98 valence electrons. The van der Waals surface area contributed by atoms with E-state index in [1.165, 1.54) is 18.5 Å². The fourth-order valence-electron chi connectivity index (χ4n) is 2.03. The molecule has 0 amide bonds. The van der Waals surface area contributed by atoms with Gasteiger partial charge in [0, 0.05) is 25.8 Å². The van der Waals surface area contributed by atoms with E-state index in [-0.39, 0.29) is 24.8 Å². The molecule has 0 aliphatic carbocycles. The van der Waals surface area contributed by atoms with Gasteiger partial charge in [-0.15, -0.1) is 24.8 Å². The third-order valence-electron chi connectivity index (χ3n) is 3.16. The van der Waals surface area contributed by atoms with Gasteiger partial charge in [-0.2, -0.15) is 0 Å². The molecule has 0 atom stereocenters. The molecule has 1 aliphatic rings. The van der Waals surface area contributed by atoms with Crippen molar-refractivity contribution in [3.05, 3.63) is 24.0 Å². The number of rotatable bonds is 2. The molecule has 17 heavy (non-hydrogen) atoms. The lowest BCUT2D eigenvalue weighted by Crippen LogP contribution is -2.32. The zero-order valence-electron chi connectivity index (χ0n) is 10.1. The van der Waals surface area contributed by atoms with Gasteiger partial charge in [0.05, 0.1) is 11.9 Å². The lowest BCUT2D eigenvalue weighted by molar-refractivity contribution is 0.438. The Morgan fingerprint density at radius 2 is 1.94 bits per heavy atom. The van der Waals surface area contributed by atoms with E-state index in [0.717, 1.165) is 24.6 Å². The molecule has 0 radical (unpaired) electrons. The van der Waals surface area contributed by atoms with Crippen molar-refractivity contribution in [2.24, 2.45) is 11.7 Å². The summed E-state index contributed by atoms with van der Waals surface area (Å²) < 4.78 is 0. The van der Waals surface area contributed by atoms with Crippen LogP contribution in [0.3, 0.4) is 0 Å². The molecule has 2 rings (SSSR count). The molecule has 1 aliphatic heterocycles. The third kappa shape index (κ3) is 4.34. The number of hydrogen-bond donors (Lipinski definition) is 1. The van der Waals surface area contributed by atoms with Crippen LogP contribution in [0.15, 0.2) is 18.5 Å². The second-order valence-corrected chi connectivity index (χ2v) is 4.43. The maximum Gasteiger partial charge on any atom is 0.0555 e. The summed E-state index contributed by atoms with van der Waals surface area (Å²) in [4.78, 5) is 6.64. The second kappa shape index (κ2) is 7.75. The van der Waals surface area contributed by atoms with Gasteiger partial charge in [0.1, 0.15) is 0 Å². The van der Waals surface area contributed by atoms with Gasteiger partial charge in [0.2, 0.25) is 0 Å². The Morgan fingerprint density at radius 3 is 2.53 bits per heavy atom. The molecule has 0 spiro atoms. The minimum absolute atomic E-state index is 0. The van der Waals surface area contributed by atoms with E-state index >= 15 is 0 Å². The second-order valence-electron chi connectivity index (χ2n) is 4.43. The smallest absolute Gasteiger partial charge is 0.0555 e. The molecule has 1 aromatic heterocycles. The van der Waals surface area contributed by atoms with Crippen molar-refractivity contribution in [3.8, 4) is 0 Å². The molecule has 0 bridgehead atoms. The molecule has 1 saturated heterocycles. The average Bonchev–Trinajstić information content (AvgIpc) is 2.30. The minimum atomic E-state index is 0. The predicted octanol–water partition coefficient (Wildman–Crippen LogP) is 2.62. The molecule has 1 aromatic rings. The molecular formula is C12H21Cl2N3. The van der Waals surface area contributed by atoms with Gasteiger partial charge in [-0.1, -0.05) is 6.92 Å². The normalized spacial score (nSPS) is 16.0. The maximum absolute atomic E-state index is 5.61. The Labute approximate surface area is 116 Å². The van der Waals surface area contributed by atoms with E-state index in [1.54, 1.807) is 0 Å². The Bertz CT molecular complexity index is 325.